The largest absolute Gasteiger partial charge is 0.465 e. The van der Waals surface area contributed by atoms with E-state index in [1.807, 2.05) is 52.4 Å². The number of para-hydroxylation sites is 1. The molecule has 41 heavy (non-hydrogen) atoms. The van der Waals surface area contributed by atoms with Crippen molar-refractivity contribution in [2.24, 2.45) is 13.0 Å². The number of carboxylic acid groups (broad SMARTS) is 1. The molecule has 2 atom stereocenters. The molecular weight excluding hydrogens is 649 g/mol. The summed E-state index contributed by atoms with van der Waals surface area (Å²) in [5, 5.41) is 12.0. The molecule has 1 unspecified atom stereocenters. The van der Waals surface area contributed by atoms with Crippen molar-refractivity contribution >= 4 is 56.7 Å². The van der Waals surface area contributed by atoms with Gasteiger partial charge in [0.1, 0.15) is 17.9 Å². The molecule has 0 saturated heterocycles. The van der Waals surface area contributed by atoms with Gasteiger partial charge >= 0.3 is 6.09 Å². The average molecular weight is 678 g/mol. The Morgan fingerprint density at radius 3 is 2.80 bits per heavy atom. The molecule has 3 aromatic heterocycles. The number of pyridine rings is 1. The van der Waals surface area contributed by atoms with Crippen LogP contribution >= 0.6 is 22.6 Å². The third-order valence-electron chi connectivity index (χ3n) is 7.64. The lowest BCUT2D eigenvalue weighted by Crippen LogP contribution is -2.48. The average Bonchev–Trinajstić information content (AvgIpc) is 3.62. The van der Waals surface area contributed by atoms with Crippen molar-refractivity contribution in [2.45, 2.75) is 38.2 Å². The zero-order valence-corrected chi connectivity index (χ0v) is 24.5. The summed E-state index contributed by atoms with van der Waals surface area (Å²) in [6.45, 7) is 0.0597. The minimum atomic E-state index is -1.42. The first-order valence-corrected chi connectivity index (χ1v) is 15.0. The predicted octanol–water partition coefficient (Wildman–Crippen LogP) is 4.71. The van der Waals surface area contributed by atoms with E-state index in [0.717, 1.165) is 36.0 Å². The lowest BCUT2D eigenvalue weighted by molar-refractivity contribution is 0.0712. The molecule has 0 radical (unpaired) electrons. The van der Waals surface area contributed by atoms with Gasteiger partial charge in [-0.25, -0.2) is 23.5 Å². The number of ether oxygens (including phenoxy) is 1. The number of nitrogens with zero attached hydrogens (tertiary/aromatic N) is 5. The van der Waals surface area contributed by atoms with Crippen molar-refractivity contribution in [1.29, 1.82) is 0 Å². The Hall–Kier alpha value is -3.49. The molecule has 0 bridgehead atoms. The van der Waals surface area contributed by atoms with E-state index in [1.54, 1.807) is 12.1 Å². The molecular formula is C28H29F2IN6O4. The second-order valence-electron chi connectivity index (χ2n) is 10.6. The number of aromatic nitrogens is 4. The van der Waals surface area contributed by atoms with E-state index in [-0.39, 0.29) is 16.9 Å². The van der Waals surface area contributed by atoms with Crippen LogP contribution in [0.2, 0.25) is 0 Å². The van der Waals surface area contributed by atoms with Gasteiger partial charge in [0.15, 0.2) is 11.5 Å². The maximum atomic E-state index is 14.3. The van der Waals surface area contributed by atoms with Gasteiger partial charge in [-0.15, -0.1) is 0 Å². The fourth-order valence-electron chi connectivity index (χ4n) is 5.50. The van der Waals surface area contributed by atoms with Crippen molar-refractivity contribution in [1.82, 2.24) is 29.3 Å². The smallest absolute Gasteiger partial charge is 0.405 e. The highest BCUT2D eigenvalue weighted by Gasteiger charge is 2.31. The van der Waals surface area contributed by atoms with E-state index >= 15 is 0 Å². The highest BCUT2D eigenvalue weighted by molar-refractivity contribution is 14.1. The van der Waals surface area contributed by atoms with Crippen molar-refractivity contribution < 1.29 is 28.2 Å². The maximum Gasteiger partial charge on any atom is 0.405 e. The molecule has 10 nitrogen and oxygen atoms in total. The first kappa shape index (κ1) is 27.7. The lowest BCUT2D eigenvalue weighted by Gasteiger charge is -2.30. The number of alkyl halides is 3. The van der Waals surface area contributed by atoms with Gasteiger partial charge in [-0.05, 0) is 37.0 Å². The second kappa shape index (κ2) is 11.1. The van der Waals surface area contributed by atoms with Gasteiger partial charge in [-0.1, -0.05) is 34.7 Å². The molecule has 1 aliphatic carbocycles. The highest BCUT2D eigenvalue weighted by Crippen LogP contribution is 2.39. The fraction of sp³-hybridized carbons (Fsp3) is 0.429. The van der Waals surface area contributed by atoms with Crippen LogP contribution in [0.4, 0.5) is 13.6 Å². The van der Waals surface area contributed by atoms with Crippen molar-refractivity contribution in [3.05, 3.63) is 41.6 Å². The monoisotopic (exact) mass is 678 g/mol. The minimum absolute atomic E-state index is 0.0739. The molecule has 1 aliphatic heterocycles. The summed E-state index contributed by atoms with van der Waals surface area (Å²) in [5.74, 6) is 1.34. The van der Waals surface area contributed by atoms with Crippen LogP contribution in [0.3, 0.4) is 0 Å². The van der Waals surface area contributed by atoms with Crippen LogP contribution in [-0.2, 0) is 20.0 Å². The highest BCUT2D eigenvalue weighted by atomic mass is 127. The van der Waals surface area contributed by atoms with Gasteiger partial charge in [0.2, 0.25) is 6.36 Å². The Labute approximate surface area is 247 Å². The first-order chi connectivity index (χ1) is 19.8. The topological polar surface area (TPSA) is 115 Å². The minimum Gasteiger partial charge on any atom is -0.465 e. The number of hydrogen-bond acceptors (Lipinski definition) is 5. The third kappa shape index (κ3) is 5.31. The van der Waals surface area contributed by atoms with Gasteiger partial charge in [-0.2, -0.15) is 0 Å². The summed E-state index contributed by atoms with van der Waals surface area (Å²) in [5.41, 5.74) is 3.84. The number of hydrogen-bond donors (Lipinski definition) is 2. The Kier molecular flexibility index (Phi) is 7.47. The molecule has 13 heteroatoms. The number of imidazole rings is 1. The Balaban J connectivity index is 1.40. The number of halogens is 3. The molecule has 1 saturated carbocycles. The van der Waals surface area contributed by atoms with Crippen molar-refractivity contribution in [2.75, 3.05) is 24.2 Å². The third-order valence-corrected chi connectivity index (χ3v) is 8.33. The molecule has 2 amide bonds. The van der Waals surface area contributed by atoms with E-state index in [4.69, 9.17) is 19.8 Å². The number of rotatable bonds is 10. The first-order valence-electron chi connectivity index (χ1n) is 13.5. The molecule has 216 valence electrons. The maximum absolute atomic E-state index is 14.3. The van der Waals surface area contributed by atoms with E-state index in [0.29, 0.717) is 52.9 Å². The number of aryl methyl sites for hydroxylation is 1. The van der Waals surface area contributed by atoms with Crippen LogP contribution in [0.5, 0.6) is 5.75 Å². The molecule has 0 spiro atoms. The van der Waals surface area contributed by atoms with Gasteiger partial charge in [-0.3, -0.25) is 4.79 Å². The molecule has 4 heterocycles. The number of carbonyl (C=O) groups excluding carboxylic acids is 1. The van der Waals surface area contributed by atoms with Gasteiger partial charge < -0.3 is 29.2 Å². The van der Waals surface area contributed by atoms with Gasteiger partial charge in [0, 0.05) is 38.5 Å². The number of carbonyl (C=O) groups is 2. The van der Waals surface area contributed by atoms with E-state index < -0.39 is 25.2 Å². The second-order valence-corrected chi connectivity index (χ2v) is 11.5. The summed E-state index contributed by atoms with van der Waals surface area (Å²) in [6, 6.07) is 8.34. The SMILES string of the molecule is Cn1c(-c2cc3cccc(OC(F)CI)c3n2CC2CC2)nc2cc3c(nc21)CCN(C[C@@H](CF)NC(=O)O)C3=O. The zero-order chi connectivity index (χ0) is 28.8. The van der Waals surface area contributed by atoms with Gasteiger partial charge in [0.05, 0.1) is 32.9 Å². The van der Waals surface area contributed by atoms with E-state index in [2.05, 4.69) is 9.88 Å². The van der Waals surface area contributed by atoms with Crippen LogP contribution in [0.15, 0.2) is 30.3 Å². The van der Waals surface area contributed by atoms with Gasteiger partial charge in [0.25, 0.3) is 5.91 Å². The Morgan fingerprint density at radius 1 is 1.29 bits per heavy atom. The Bertz CT molecular complexity index is 1650. The summed E-state index contributed by atoms with van der Waals surface area (Å²) in [4.78, 5) is 35.4. The van der Waals surface area contributed by atoms with Crippen LogP contribution in [0.25, 0.3) is 33.6 Å². The van der Waals surface area contributed by atoms with E-state index in [9.17, 15) is 18.4 Å². The molecule has 6 rings (SSSR count). The summed E-state index contributed by atoms with van der Waals surface area (Å²) in [7, 11) is 1.88. The quantitative estimate of drug-likeness (QED) is 0.186. The number of nitrogens with one attached hydrogen (secondary N) is 1. The van der Waals surface area contributed by atoms with Crippen LogP contribution in [0.1, 0.15) is 28.9 Å². The zero-order valence-electron chi connectivity index (χ0n) is 22.3. The Morgan fingerprint density at radius 2 is 2.10 bits per heavy atom. The molecule has 2 aliphatic rings. The van der Waals surface area contributed by atoms with E-state index in [1.165, 1.54) is 4.90 Å². The predicted molar refractivity (Wildman–Crippen MR) is 157 cm³/mol. The summed E-state index contributed by atoms with van der Waals surface area (Å²) >= 11 is 1.96. The standard InChI is InChI=1S/C28H29F2IN6O4/c1-35-25-20(10-18-19(33-25)7-8-36(27(18)38)14-17(11-29)32-28(39)40)34-26(35)21-9-16-3-2-4-22(41-23(30)12-31)24(16)37(21)13-15-5-6-15/h2-4,9-10,15,17,23,32H,5-8,11-14H2,1H3,(H,39,40)/t17-,23?/m1/s1. The number of fused-ring (bicyclic) bond motifs is 3. The number of amides is 2. The lowest BCUT2D eigenvalue weighted by atomic mass is 10.0. The normalized spacial score (nSPS) is 16.7. The fourth-order valence-corrected chi connectivity index (χ4v) is 5.68. The van der Waals surface area contributed by atoms with Crippen LogP contribution in [0, 0.1) is 5.92 Å². The molecule has 2 N–H and O–H groups in total. The molecule has 4 aromatic rings. The van der Waals surface area contributed by atoms with Crippen LogP contribution < -0.4 is 10.1 Å². The van der Waals surface area contributed by atoms with Crippen LogP contribution in [-0.4, -0.2) is 77.7 Å². The summed E-state index contributed by atoms with van der Waals surface area (Å²) < 4.78 is 37.6. The van der Waals surface area contributed by atoms with Crippen molar-refractivity contribution in [3.63, 3.8) is 0 Å². The number of benzene rings is 1. The molecule has 1 aromatic carbocycles. The molecule has 1 fully saturated rings. The summed E-state index contributed by atoms with van der Waals surface area (Å²) in [6.07, 6.45) is -0.0514. The van der Waals surface area contributed by atoms with Crippen molar-refractivity contribution in [3.8, 4) is 17.3 Å².